The van der Waals surface area contributed by atoms with Crippen molar-refractivity contribution in [3.05, 3.63) is 22.8 Å². The summed E-state index contributed by atoms with van der Waals surface area (Å²) in [6, 6.07) is 5.39. The van der Waals surface area contributed by atoms with Gasteiger partial charge in [-0.2, -0.15) is 5.26 Å². The van der Waals surface area contributed by atoms with Crippen LogP contribution in [0.5, 0.6) is 0 Å². The van der Waals surface area contributed by atoms with Crippen molar-refractivity contribution in [2.24, 2.45) is 0 Å². The fraction of sp³-hybridized carbons (Fsp3) is 0.462. The van der Waals surface area contributed by atoms with Gasteiger partial charge in [0.1, 0.15) is 11.5 Å². The van der Waals surface area contributed by atoms with E-state index in [4.69, 9.17) is 16.9 Å². The van der Waals surface area contributed by atoms with E-state index in [1.54, 1.807) is 19.2 Å². The van der Waals surface area contributed by atoms with Crippen LogP contribution >= 0.6 is 11.6 Å². The molecule has 19 heavy (non-hydrogen) atoms. The monoisotopic (exact) mass is 280 g/mol. The quantitative estimate of drug-likeness (QED) is 0.869. The van der Waals surface area contributed by atoms with Crippen molar-refractivity contribution >= 4 is 23.3 Å². The molecule has 0 aliphatic carbocycles. The van der Waals surface area contributed by atoms with Crippen LogP contribution in [-0.2, 0) is 0 Å². The average Bonchev–Trinajstić information content (AvgIpc) is 2.43. The Balaban J connectivity index is 2.86. The van der Waals surface area contributed by atoms with Crippen molar-refractivity contribution in [3.8, 4) is 6.07 Å². The van der Waals surface area contributed by atoms with Crippen molar-refractivity contribution in [1.29, 1.82) is 5.26 Å². The molecule has 1 aromatic rings. The molecule has 0 saturated heterocycles. The topological polar surface area (TPSA) is 69.0 Å². The Kier molecular flexibility index (Phi) is 6.10. The first-order chi connectivity index (χ1) is 9.10. The Labute approximate surface area is 118 Å². The van der Waals surface area contributed by atoms with Gasteiger partial charge in [-0.05, 0) is 18.6 Å². The predicted molar refractivity (Wildman–Crippen MR) is 75.2 cm³/mol. The van der Waals surface area contributed by atoms with Crippen LogP contribution in [-0.4, -0.2) is 35.9 Å². The van der Waals surface area contributed by atoms with Crippen LogP contribution in [0.3, 0.4) is 0 Å². The molecule has 0 spiro atoms. The predicted octanol–water partition coefficient (Wildman–Crippen LogP) is 2.54. The van der Waals surface area contributed by atoms with Gasteiger partial charge in [0.05, 0.1) is 17.5 Å². The van der Waals surface area contributed by atoms with Gasteiger partial charge >= 0.3 is 0 Å². The van der Waals surface area contributed by atoms with Gasteiger partial charge in [-0.15, -0.1) is 0 Å². The zero-order valence-corrected chi connectivity index (χ0v) is 11.9. The van der Waals surface area contributed by atoms with Gasteiger partial charge < -0.3 is 10.2 Å². The molecule has 1 rings (SSSR count). The number of aromatic nitrogens is 1. The van der Waals surface area contributed by atoms with Gasteiger partial charge in [-0.1, -0.05) is 18.5 Å². The lowest BCUT2D eigenvalue weighted by Crippen LogP contribution is -2.28. The van der Waals surface area contributed by atoms with Crippen LogP contribution in [0, 0.1) is 11.3 Å². The average molecular weight is 281 g/mol. The molecule has 0 atom stereocenters. The Hall–Kier alpha value is -1.80. The molecular weight excluding hydrogens is 264 g/mol. The van der Waals surface area contributed by atoms with E-state index in [1.807, 2.05) is 13.0 Å². The van der Waals surface area contributed by atoms with E-state index in [1.165, 1.54) is 4.90 Å². The molecule has 1 aromatic heterocycles. The van der Waals surface area contributed by atoms with E-state index in [-0.39, 0.29) is 18.0 Å². The number of halogens is 1. The highest BCUT2D eigenvalue weighted by Crippen LogP contribution is 2.18. The highest BCUT2D eigenvalue weighted by Gasteiger charge is 2.17. The molecule has 0 fully saturated rings. The minimum atomic E-state index is -0.277. The van der Waals surface area contributed by atoms with Crippen molar-refractivity contribution < 1.29 is 4.79 Å². The lowest BCUT2D eigenvalue weighted by Gasteiger charge is -2.16. The zero-order valence-electron chi connectivity index (χ0n) is 11.1. The number of carbonyl (C=O) groups excluding carboxylic acids is 1. The summed E-state index contributed by atoms with van der Waals surface area (Å²) in [7, 11) is 1.63. The molecule has 0 radical (unpaired) electrons. The van der Waals surface area contributed by atoms with E-state index >= 15 is 0 Å². The minimum Gasteiger partial charge on any atom is -0.370 e. The zero-order chi connectivity index (χ0) is 14.3. The van der Waals surface area contributed by atoms with Gasteiger partial charge in [-0.3, -0.25) is 4.79 Å². The second-order valence-corrected chi connectivity index (χ2v) is 4.50. The SMILES string of the molecule is CCCNc1ccc(Cl)c(C(=O)N(C)CCC#N)n1. The first-order valence-corrected chi connectivity index (χ1v) is 6.50. The molecule has 0 aromatic carbocycles. The molecule has 1 amide bonds. The molecule has 0 aliphatic heterocycles. The van der Waals surface area contributed by atoms with Crippen molar-refractivity contribution in [1.82, 2.24) is 9.88 Å². The van der Waals surface area contributed by atoms with Gasteiger partial charge in [0.15, 0.2) is 0 Å². The first kappa shape index (κ1) is 15.3. The fourth-order valence-corrected chi connectivity index (χ4v) is 1.63. The summed E-state index contributed by atoms with van der Waals surface area (Å²) >= 11 is 6.00. The maximum Gasteiger partial charge on any atom is 0.273 e. The van der Waals surface area contributed by atoms with Gasteiger partial charge in [-0.25, -0.2) is 4.98 Å². The molecule has 0 saturated carbocycles. The van der Waals surface area contributed by atoms with Crippen LogP contribution in [0.1, 0.15) is 30.3 Å². The maximum absolute atomic E-state index is 12.1. The summed E-state index contributed by atoms with van der Waals surface area (Å²) in [5.41, 5.74) is 0.211. The Morgan fingerprint density at radius 1 is 1.58 bits per heavy atom. The van der Waals surface area contributed by atoms with E-state index in [9.17, 15) is 4.79 Å². The number of pyridine rings is 1. The second-order valence-electron chi connectivity index (χ2n) is 4.09. The number of nitrogens with zero attached hydrogens (tertiary/aromatic N) is 3. The lowest BCUT2D eigenvalue weighted by molar-refractivity contribution is 0.0792. The normalized spacial score (nSPS) is 9.79. The third kappa shape index (κ3) is 4.42. The van der Waals surface area contributed by atoms with Crippen molar-refractivity contribution in [2.75, 3.05) is 25.5 Å². The molecule has 1 N–H and O–H groups in total. The number of rotatable bonds is 6. The maximum atomic E-state index is 12.1. The van der Waals surface area contributed by atoms with E-state index < -0.39 is 0 Å². The second kappa shape index (κ2) is 7.59. The number of hydrogen-bond donors (Lipinski definition) is 1. The van der Waals surface area contributed by atoms with Gasteiger partial charge in [0, 0.05) is 20.1 Å². The molecule has 0 bridgehead atoms. The summed E-state index contributed by atoms with van der Waals surface area (Å²) < 4.78 is 0. The van der Waals surface area contributed by atoms with E-state index in [0.717, 1.165) is 13.0 Å². The summed E-state index contributed by atoms with van der Waals surface area (Å²) in [6.45, 7) is 3.19. The van der Waals surface area contributed by atoms with Crippen molar-refractivity contribution in [2.45, 2.75) is 19.8 Å². The highest BCUT2D eigenvalue weighted by atomic mass is 35.5. The molecule has 6 heteroatoms. The minimum absolute atomic E-state index is 0.211. The Bertz CT molecular complexity index is 484. The summed E-state index contributed by atoms with van der Waals surface area (Å²) in [4.78, 5) is 17.8. The molecule has 0 aliphatic rings. The van der Waals surface area contributed by atoms with Crippen LogP contribution in [0.4, 0.5) is 5.82 Å². The summed E-state index contributed by atoms with van der Waals surface area (Å²) in [5.74, 6) is 0.351. The van der Waals surface area contributed by atoms with Gasteiger partial charge in [0.25, 0.3) is 5.91 Å². The van der Waals surface area contributed by atoms with Crippen LogP contribution < -0.4 is 5.32 Å². The van der Waals surface area contributed by atoms with E-state index in [2.05, 4.69) is 10.3 Å². The summed E-state index contributed by atoms with van der Waals surface area (Å²) in [5, 5.41) is 11.9. The number of carbonyl (C=O) groups is 1. The molecule has 0 unspecified atom stereocenters. The highest BCUT2D eigenvalue weighted by molar-refractivity contribution is 6.33. The molecule has 1 heterocycles. The van der Waals surface area contributed by atoms with Crippen LogP contribution in [0.25, 0.3) is 0 Å². The standard InChI is InChI=1S/C13H17ClN4O/c1-3-8-16-11-6-5-10(14)12(17-11)13(19)18(2)9-4-7-15/h5-6H,3-4,8-9H2,1-2H3,(H,16,17). The van der Waals surface area contributed by atoms with Crippen molar-refractivity contribution in [3.63, 3.8) is 0 Å². The largest absolute Gasteiger partial charge is 0.370 e. The third-order valence-corrected chi connectivity index (χ3v) is 2.82. The number of hydrogen-bond acceptors (Lipinski definition) is 4. The molecule has 102 valence electrons. The van der Waals surface area contributed by atoms with E-state index in [0.29, 0.717) is 17.4 Å². The number of amides is 1. The molecule has 5 nitrogen and oxygen atoms in total. The Morgan fingerprint density at radius 2 is 2.32 bits per heavy atom. The van der Waals surface area contributed by atoms with Gasteiger partial charge in [0.2, 0.25) is 0 Å². The molecular formula is C13H17ClN4O. The number of nitrogens with one attached hydrogen (secondary N) is 1. The number of anilines is 1. The van der Waals surface area contributed by atoms with Crippen LogP contribution in [0.2, 0.25) is 5.02 Å². The number of nitriles is 1. The smallest absolute Gasteiger partial charge is 0.273 e. The Morgan fingerprint density at radius 3 is 2.95 bits per heavy atom. The first-order valence-electron chi connectivity index (χ1n) is 6.13. The summed E-state index contributed by atoms with van der Waals surface area (Å²) in [6.07, 6.45) is 1.25. The third-order valence-electron chi connectivity index (χ3n) is 2.51. The van der Waals surface area contributed by atoms with Crippen LogP contribution in [0.15, 0.2) is 12.1 Å². The fourth-order valence-electron chi connectivity index (χ4n) is 1.44. The lowest BCUT2D eigenvalue weighted by atomic mass is 10.3.